The number of halogens is 1. The topological polar surface area (TPSA) is 42.4 Å². The third kappa shape index (κ3) is 4.67. The minimum absolute atomic E-state index is 0.115. The lowest BCUT2D eigenvalue weighted by Gasteiger charge is -2.21. The first-order valence-corrected chi connectivity index (χ1v) is 9.23. The van der Waals surface area contributed by atoms with Crippen LogP contribution in [0.25, 0.3) is 0 Å². The van der Waals surface area contributed by atoms with E-state index in [0.717, 1.165) is 11.3 Å². The third-order valence-corrected chi connectivity index (χ3v) is 4.52. The number of ether oxygens (including phenoxy) is 1. The molecule has 0 N–H and O–H groups in total. The summed E-state index contributed by atoms with van der Waals surface area (Å²) < 4.78 is 19.1. The van der Waals surface area contributed by atoms with Gasteiger partial charge in [-0.05, 0) is 42.8 Å². The molecule has 1 heterocycles. The van der Waals surface area contributed by atoms with Crippen molar-refractivity contribution in [1.29, 1.82) is 0 Å². The molecule has 0 aliphatic heterocycles. The summed E-state index contributed by atoms with van der Waals surface area (Å²) in [5, 5.41) is 1.92. The van der Waals surface area contributed by atoms with Crippen LogP contribution >= 0.6 is 11.3 Å². The molecule has 3 rings (SSSR count). The SMILES string of the molecule is CCN(Cc1cccc(F)c1)C(=O)c1cccc(OCc2cscn2)c1. The molecule has 0 saturated carbocycles. The number of benzene rings is 2. The Hall–Kier alpha value is -2.73. The highest BCUT2D eigenvalue weighted by Crippen LogP contribution is 2.18. The number of rotatable bonds is 7. The van der Waals surface area contributed by atoms with Crippen LogP contribution in [0, 0.1) is 5.82 Å². The average molecular weight is 370 g/mol. The van der Waals surface area contributed by atoms with Gasteiger partial charge in [0.2, 0.25) is 0 Å². The van der Waals surface area contributed by atoms with Gasteiger partial charge in [0.05, 0.1) is 11.2 Å². The van der Waals surface area contributed by atoms with Gasteiger partial charge in [-0.2, -0.15) is 0 Å². The first-order chi connectivity index (χ1) is 12.7. The number of thiazole rings is 1. The van der Waals surface area contributed by atoms with Gasteiger partial charge in [-0.3, -0.25) is 4.79 Å². The van der Waals surface area contributed by atoms with Gasteiger partial charge < -0.3 is 9.64 Å². The van der Waals surface area contributed by atoms with Gasteiger partial charge in [-0.15, -0.1) is 11.3 Å². The Balaban J connectivity index is 1.69. The Morgan fingerprint density at radius 1 is 1.23 bits per heavy atom. The van der Waals surface area contributed by atoms with Crippen LogP contribution in [0.4, 0.5) is 4.39 Å². The highest BCUT2D eigenvalue weighted by Gasteiger charge is 2.15. The first kappa shape index (κ1) is 18.1. The third-order valence-electron chi connectivity index (χ3n) is 3.88. The fourth-order valence-electron chi connectivity index (χ4n) is 2.55. The van der Waals surface area contributed by atoms with Crippen molar-refractivity contribution in [3.8, 4) is 5.75 Å². The van der Waals surface area contributed by atoms with Crippen LogP contribution in [0.2, 0.25) is 0 Å². The van der Waals surface area contributed by atoms with Crippen LogP contribution in [0.15, 0.2) is 59.4 Å². The van der Waals surface area contributed by atoms with Crippen molar-refractivity contribution in [2.75, 3.05) is 6.54 Å². The van der Waals surface area contributed by atoms with E-state index < -0.39 is 0 Å². The summed E-state index contributed by atoms with van der Waals surface area (Å²) in [6.45, 7) is 3.15. The molecule has 0 aliphatic carbocycles. The smallest absolute Gasteiger partial charge is 0.254 e. The van der Waals surface area contributed by atoms with E-state index in [9.17, 15) is 9.18 Å². The maximum atomic E-state index is 13.4. The Morgan fingerprint density at radius 3 is 2.81 bits per heavy atom. The summed E-state index contributed by atoms with van der Waals surface area (Å²) in [5.74, 6) is 0.199. The number of hydrogen-bond donors (Lipinski definition) is 0. The van der Waals surface area contributed by atoms with Gasteiger partial charge >= 0.3 is 0 Å². The van der Waals surface area contributed by atoms with Gasteiger partial charge in [0.15, 0.2) is 0 Å². The number of hydrogen-bond acceptors (Lipinski definition) is 4. The standard InChI is InChI=1S/C20H19FN2O2S/c1-2-23(11-15-5-3-7-17(21)9-15)20(24)16-6-4-8-19(10-16)25-12-18-13-26-14-22-18/h3-10,13-14H,2,11-12H2,1H3. The molecule has 0 fully saturated rings. The van der Waals surface area contributed by atoms with Crippen molar-refractivity contribution in [1.82, 2.24) is 9.88 Å². The summed E-state index contributed by atoms with van der Waals surface area (Å²) in [4.78, 5) is 18.7. The number of aromatic nitrogens is 1. The lowest BCUT2D eigenvalue weighted by atomic mass is 10.1. The Labute approximate surface area is 155 Å². The van der Waals surface area contributed by atoms with E-state index in [4.69, 9.17) is 4.74 Å². The molecule has 0 aliphatic rings. The molecule has 4 nitrogen and oxygen atoms in total. The largest absolute Gasteiger partial charge is 0.487 e. The Morgan fingerprint density at radius 2 is 2.08 bits per heavy atom. The molecule has 0 saturated heterocycles. The molecule has 0 bridgehead atoms. The predicted molar refractivity (Wildman–Crippen MR) is 99.7 cm³/mol. The van der Waals surface area contributed by atoms with E-state index in [1.54, 1.807) is 34.7 Å². The van der Waals surface area contributed by atoms with Gasteiger partial charge in [0.25, 0.3) is 5.91 Å². The second kappa shape index (κ2) is 8.58. The summed E-state index contributed by atoms with van der Waals surface area (Å²) in [5.41, 5.74) is 3.91. The molecule has 134 valence electrons. The second-order valence-corrected chi connectivity index (χ2v) is 6.46. The van der Waals surface area contributed by atoms with Crippen LogP contribution in [-0.4, -0.2) is 22.3 Å². The maximum absolute atomic E-state index is 13.4. The second-order valence-electron chi connectivity index (χ2n) is 5.75. The van der Waals surface area contributed by atoms with Gasteiger partial charge in [0.1, 0.15) is 18.2 Å². The van der Waals surface area contributed by atoms with Crippen LogP contribution in [0.1, 0.15) is 28.5 Å². The van der Waals surface area contributed by atoms with E-state index in [0.29, 0.717) is 31.0 Å². The Bertz CT molecular complexity index is 868. The maximum Gasteiger partial charge on any atom is 0.254 e. The quantitative estimate of drug-likeness (QED) is 0.614. The van der Waals surface area contributed by atoms with Crippen molar-refractivity contribution in [3.05, 3.63) is 82.1 Å². The number of amides is 1. The van der Waals surface area contributed by atoms with Crippen molar-refractivity contribution >= 4 is 17.2 Å². The zero-order chi connectivity index (χ0) is 18.4. The van der Waals surface area contributed by atoms with E-state index in [-0.39, 0.29) is 11.7 Å². The zero-order valence-corrected chi connectivity index (χ0v) is 15.2. The molecule has 3 aromatic rings. The van der Waals surface area contributed by atoms with Crippen molar-refractivity contribution in [3.63, 3.8) is 0 Å². The molecule has 0 atom stereocenters. The number of nitrogens with zero attached hydrogens (tertiary/aromatic N) is 2. The van der Waals surface area contributed by atoms with Gasteiger partial charge in [0, 0.05) is 24.0 Å². The summed E-state index contributed by atoms with van der Waals surface area (Å²) >= 11 is 1.51. The molecule has 26 heavy (non-hydrogen) atoms. The monoisotopic (exact) mass is 370 g/mol. The summed E-state index contributed by atoms with van der Waals surface area (Å²) in [6.07, 6.45) is 0. The fourth-order valence-corrected chi connectivity index (χ4v) is 3.09. The van der Waals surface area contributed by atoms with E-state index in [1.165, 1.54) is 23.5 Å². The van der Waals surface area contributed by atoms with Crippen LogP contribution < -0.4 is 4.74 Å². The lowest BCUT2D eigenvalue weighted by Crippen LogP contribution is -2.30. The van der Waals surface area contributed by atoms with Crippen molar-refractivity contribution in [2.45, 2.75) is 20.1 Å². The van der Waals surface area contributed by atoms with Crippen molar-refractivity contribution < 1.29 is 13.9 Å². The van der Waals surface area contributed by atoms with Crippen LogP contribution in [0.5, 0.6) is 5.75 Å². The molecule has 6 heteroatoms. The molecule has 1 amide bonds. The van der Waals surface area contributed by atoms with Crippen LogP contribution in [-0.2, 0) is 13.2 Å². The Kier molecular flexibility index (Phi) is 5.96. The molecule has 0 spiro atoms. The highest BCUT2D eigenvalue weighted by atomic mass is 32.1. The first-order valence-electron chi connectivity index (χ1n) is 8.29. The molecule has 0 unspecified atom stereocenters. The molecule has 1 aromatic heterocycles. The van der Waals surface area contributed by atoms with Gasteiger partial charge in [-0.25, -0.2) is 9.37 Å². The number of carbonyl (C=O) groups excluding carboxylic acids is 1. The molecule has 2 aromatic carbocycles. The summed E-state index contributed by atoms with van der Waals surface area (Å²) in [7, 11) is 0. The van der Waals surface area contributed by atoms with Crippen LogP contribution in [0.3, 0.4) is 0 Å². The predicted octanol–water partition coefficient (Wildman–Crippen LogP) is 4.52. The number of carbonyl (C=O) groups is 1. The minimum atomic E-state index is -0.302. The van der Waals surface area contributed by atoms with E-state index >= 15 is 0 Å². The highest BCUT2D eigenvalue weighted by molar-refractivity contribution is 7.07. The van der Waals surface area contributed by atoms with E-state index in [2.05, 4.69) is 4.98 Å². The lowest BCUT2D eigenvalue weighted by molar-refractivity contribution is 0.0752. The fraction of sp³-hybridized carbons (Fsp3) is 0.200. The molecular formula is C20H19FN2O2S. The zero-order valence-electron chi connectivity index (χ0n) is 14.4. The van der Waals surface area contributed by atoms with Gasteiger partial charge in [-0.1, -0.05) is 18.2 Å². The molecule has 0 radical (unpaired) electrons. The normalized spacial score (nSPS) is 10.5. The summed E-state index contributed by atoms with van der Waals surface area (Å²) in [6, 6.07) is 13.4. The molecular weight excluding hydrogens is 351 g/mol. The minimum Gasteiger partial charge on any atom is -0.487 e. The average Bonchev–Trinajstić information content (AvgIpc) is 3.18. The van der Waals surface area contributed by atoms with E-state index in [1.807, 2.05) is 24.4 Å². The van der Waals surface area contributed by atoms with Crippen molar-refractivity contribution in [2.24, 2.45) is 0 Å².